The monoisotopic (exact) mass is 374 g/mol. The molecule has 6 heteroatoms. The zero-order valence-corrected chi connectivity index (χ0v) is 16.2. The zero-order chi connectivity index (χ0) is 19.0. The highest BCUT2D eigenvalue weighted by atomic mass is 32.2. The first-order valence-electron chi connectivity index (χ1n) is 8.76. The highest BCUT2D eigenvalue weighted by Gasteiger charge is 2.24. The Kier molecular flexibility index (Phi) is 7.36. The summed E-state index contributed by atoms with van der Waals surface area (Å²) >= 11 is 0. The van der Waals surface area contributed by atoms with Crippen molar-refractivity contribution >= 4 is 21.6 Å². The fraction of sp³-hybridized carbons (Fsp3) is 0.350. The Morgan fingerprint density at radius 2 is 1.54 bits per heavy atom. The third kappa shape index (κ3) is 5.97. The maximum atomic E-state index is 13.0. The van der Waals surface area contributed by atoms with Gasteiger partial charge >= 0.3 is 0 Å². The Labute approximate surface area is 156 Å². The molecule has 5 nitrogen and oxygen atoms in total. The summed E-state index contributed by atoms with van der Waals surface area (Å²) in [6, 6.07) is 19.0. The SMILES string of the molecule is CCCCN(CC(=O)N(Cc1ccccc1)c1ccccc1)S(C)(=O)=O. The highest BCUT2D eigenvalue weighted by molar-refractivity contribution is 7.88. The number of anilines is 1. The van der Waals surface area contributed by atoms with Gasteiger partial charge in [-0.05, 0) is 24.1 Å². The number of benzene rings is 2. The summed E-state index contributed by atoms with van der Waals surface area (Å²) in [4.78, 5) is 14.6. The molecule has 1 amide bonds. The standard InChI is InChI=1S/C20H26N2O3S/c1-3-4-15-21(26(2,24)25)17-20(23)22(19-13-9-6-10-14-19)16-18-11-7-5-8-12-18/h5-14H,3-4,15-17H2,1-2H3. The molecule has 0 aliphatic rings. The summed E-state index contributed by atoms with van der Waals surface area (Å²) < 4.78 is 25.4. The molecule has 0 atom stereocenters. The van der Waals surface area contributed by atoms with Gasteiger partial charge in [0, 0.05) is 12.2 Å². The van der Waals surface area contributed by atoms with Crippen molar-refractivity contribution in [2.45, 2.75) is 26.3 Å². The number of para-hydroxylation sites is 1. The molecule has 2 aromatic carbocycles. The Hall–Kier alpha value is -2.18. The van der Waals surface area contributed by atoms with Crippen LogP contribution in [0.25, 0.3) is 0 Å². The van der Waals surface area contributed by atoms with Gasteiger partial charge in [-0.15, -0.1) is 0 Å². The number of unbranched alkanes of at least 4 members (excludes halogenated alkanes) is 1. The van der Waals surface area contributed by atoms with Crippen LogP contribution in [-0.2, 0) is 21.4 Å². The summed E-state index contributed by atoms with van der Waals surface area (Å²) in [6.45, 7) is 2.60. The number of carbonyl (C=O) groups is 1. The lowest BCUT2D eigenvalue weighted by atomic mass is 10.2. The van der Waals surface area contributed by atoms with Crippen molar-refractivity contribution in [3.8, 4) is 0 Å². The average Bonchev–Trinajstić information content (AvgIpc) is 2.63. The lowest BCUT2D eigenvalue weighted by Crippen LogP contribution is -2.42. The van der Waals surface area contributed by atoms with Gasteiger partial charge in [0.2, 0.25) is 15.9 Å². The van der Waals surface area contributed by atoms with E-state index >= 15 is 0 Å². The van der Waals surface area contributed by atoms with Crippen LogP contribution in [0.3, 0.4) is 0 Å². The van der Waals surface area contributed by atoms with Gasteiger partial charge in [0.1, 0.15) is 0 Å². The normalized spacial score (nSPS) is 11.5. The summed E-state index contributed by atoms with van der Waals surface area (Å²) in [5, 5.41) is 0. The molecule has 140 valence electrons. The van der Waals surface area contributed by atoms with E-state index in [-0.39, 0.29) is 12.5 Å². The van der Waals surface area contributed by atoms with E-state index in [9.17, 15) is 13.2 Å². The fourth-order valence-corrected chi connectivity index (χ4v) is 3.44. The smallest absolute Gasteiger partial charge is 0.242 e. The van der Waals surface area contributed by atoms with Crippen LogP contribution in [0.5, 0.6) is 0 Å². The first kappa shape index (κ1) is 20.1. The Morgan fingerprint density at radius 3 is 2.08 bits per heavy atom. The molecule has 0 aliphatic carbocycles. The average molecular weight is 375 g/mol. The first-order chi connectivity index (χ1) is 12.4. The van der Waals surface area contributed by atoms with Crippen LogP contribution in [0.2, 0.25) is 0 Å². The van der Waals surface area contributed by atoms with Crippen LogP contribution in [0.4, 0.5) is 5.69 Å². The van der Waals surface area contributed by atoms with Crippen molar-refractivity contribution in [3.63, 3.8) is 0 Å². The van der Waals surface area contributed by atoms with Crippen LogP contribution in [0.1, 0.15) is 25.3 Å². The van der Waals surface area contributed by atoms with Gasteiger partial charge in [-0.3, -0.25) is 4.79 Å². The molecule has 2 rings (SSSR count). The van der Waals surface area contributed by atoms with Crippen LogP contribution in [0.15, 0.2) is 60.7 Å². The van der Waals surface area contributed by atoms with Crippen LogP contribution in [-0.4, -0.2) is 38.0 Å². The number of rotatable bonds is 9. The van der Waals surface area contributed by atoms with E-state index in [0.29, 0.717) is 13.1 Å². The number of carbonyl (C=O) groups excluding carboxylic acids is 1. The van der Waals surface area contributed by atoms with Gasteiger partial charge in [-0.25, -0.2) is 8.42 Å². The van der Waals surface area contributed by atoms with Crippen molar-refractivity contribution in [2.24, 2.45) is 0 Å². The molecule has 0 saturated carbocycles. The lowest BCUT2D eigenvalue weighted by molar-refractivity contribution is -0.119. The van der Waals surface area contributed by atoms with E-state index in [4.69, 9.17) is 0 Å². The summed E-state index contributed by atoms with van der Waals surface area (Å²) in [6.07, 6.45) is 2.75. The molecule has 2 aromatic rings. The quantitative estimate of drug-likeness (QED) is 0.677. The molecule has 26 heavy (non-hydrogen) atoms. The van der Waals surface area contributed by atoms with Crippen molar-refractivity contribution < 1.29 is 13.2 Å². The number of hydrogen-bond donors (Lipinski definition) is 0. The third-order valence-electron chi connectivity index (χ3n) is 4.09. The van der Waals surface area contributed by atoms with Gasteiger partial charge in [0.05, 0.1) is 19.3 Å². The van der Waals surface area contributed by atoms with E-state index < -0.39 is 10.0 Å². The molecule has 0 fully saturated rings. The number of hydrogen-bond acceptors (Lipinski definition) is 3. The van der Waals surface area contributed by atoms with Crippen molar-refractivity contribution in [2.75, 3.05) is 24.2 Å². The summed E-state index contributed by atoms with van der Waals surface area (Å²) in [7, 11) is -3.43. The molecule has 0 saturated heterocycles. The van der Waals surface area contributed by atoms with Gasteiger partial charge in [-0.2, -0.15) is 4.31 Å². The van der Waals surface area contributed by atoms with Crippen LogP contribution < -0.4 is 4.90 Å². The number of sulfonamides is 1. The predicted molar refractivity (Wildman–Crippen MR) is 105 cm³/mol. The Balaban J connectivity index is 2.24. The minimum atomic E-state index is -3.43. The topological polar surface area (TPSA) is 57.7 Å². The van der Waals surface area contributed by atoms with E-state index in [2.05, 4.69) is 0 Å². The van der Waals surface area contributed by atoms with Gasteiger partial charge in [0.25, 0.3) is 0 Å². The molecular formula is C20H26N2O3S. The van der Waals surface area contributed by atoms with Crippen molar-refractivity contribution in [3.05, 3.63) is 66.2 Å². The molecule has 0 heterocycles. The highest BCUT2D eigenvalue weighted by Crippen LogP contribution is 2.18. The van der Waals surface area contributed by atoms with E-state index in [1.54, 1.807) is 4.90 Å². The van der Waals surface area contributed by atoms with E-state index in [1.807, 2.05) is 67.6 Å². The van der Waals surface area contributed by atoms with Crippen molar-refractivity contribution in [1.29, 1.82) is 0 Å². The zero-order valence-electron chi connectivity index (χ0n) is 15.3. The lowest BCUT2D eigenvalue weighted by Gasteiger charge is -2.26. The summed E-state index contributed by atoms with van der Waals surface area (Å²) in [5.41, 5.74) is 1.74. The molecule has 0 N–H and O–H groups in total. The maximum Gasteiger partial charge on any atom is 0.242 e. The van der Waals surface area contributed by atoms with Crippen LogP contribution >= 0.6 is 0 Å². The van der Waals surface area contributed by atoms with Gasteiger partial charge in [0.15, 0.2) is 0 Å². The maximum absolute atomic E-state index is 13.0. The van der Waals surface area contributed by atoms with Gasteiger partial charge < -0.3 is 4.90 Å². The fourth-order valence-electron chi connectivity index (χ4n) is 2.63. The molecule has 0 spiro atoms. The third-order valence-corrected chi connectivity index (χ3v) is 5.34. The number of nitrogens with zero attached hydrogens (tertiary/aromatic N) is 2. The van der Waals surface area contributed by atoms with E-state index in [1.165, 1.54) is 4.31 Å². The molecule has 0 unspecified atom stereocenters. The minimum absolute atomic E-state index is 0.152. The minimum Gasteiger partial charge on any atom is -0.307 e. The molecule has 0 aliphatic heterocycles. The second kappa shape index (κ2) is 9.50. The van der Waals surface area contributed by atoms with Gasteiger partial charge in [-0.1, -0.05) is 61.9 Å². The number of amides is 1. The van der Waals surface area contributed by atoms with Crippen LogP contribution in [0, 0.1) is 0 Å². The first-order valence-corrected chi connectivity index (χ1v) is 10.6. The second-order valence-corrected chi connectivity index (χ2v) is 8.23. The van der Waals surface area contributed by atoms with Crippen molar-refractivity contribution in [1.82, 2.24) is 4.31 Å². The Morgan fingerprint density at radius 1 is 0.962 bits per heavy atom. The Bertz CT molecular complexity index is 792. The summed E-state index contributed by atoms with van der Waals surface area (Å²) in [5.74, 6) is -0.235. The molecule has 0 bridgehead atoms. The van der Waals surface area contributed by atoms with E-state index in [0.717, 1.165) is 30.3 Å². The molecular weight excluding hydrogens is 348 g/mol. The molecule has 0 aromatic heterocycles. The molecule has 0 radical (unpaired) electrons. The largest absolute Gasteiger partial charge is 0.307 e. The second-order valence-electron chi connectivity index (χ2n) is 6.25. The predicted octanol–water partition coefficient (Wildman–Crippen LogP) is 3.28.